The van der Waals surface area contributed by atoms with Crippen LogP contribution in [0.4, 0.5) is 5.69 Å². The number of hydrogen-bond donors (Lipinski definition) is 1. The number of nitrogens with zero attached hydrogens (tertiary/aromatic N) is 1. The molecular weight excluding hydrogens is 240 g/mol. The Kier molecular flexibility index (Phi) is 3.91. The molecule has 1 atom stereocenters. The average Bonchev–Trinajstić information content (AvgIpc) is 2.77. The van der Waals surface area contributed by atoms with E-state index in [4.69, 9.17) is 18.0 Å². The molecule has 1 aromatic rings. The predicted molar refractivity (Wildman–Crippen MR) is 82.3 cm³/mol. The van der Waals surface area contributed by atoms with Gasteiger partial charge in [-0.1, -0.05) is 38.2 Å². The van der Waals surface area contributed by atoms with Gasteiger partial charge in [-0.2, -0.15) is 0 Å². The second kappa shape index (κ2) is 5.27. The third kappa shape index (κ3) is 2.37. The molecule has 1 unspecified atom stereocenters. The lowest BCUT2D eigenvalue weighted by atomic mass is 9.99. The highest BCUT2D eigenvalue weighted by molar-refractivity contribution is 7.80. The maximum Gasteiger partial charge on any atom is 0.106 e. The molecule has 0 aromatic heterocycles. The smallest absolute Gasteiger partial charge is 0.106 e. The summed E-state index contributed by atoms with van der Waals surface area (Å²) in [5.41, 5.74) is 9.43. The van der Waals surface area contributed by atoms with E-state index >= 15 is 0 Å². The lowest BCUT2D eigenvalue weighted by Gasteiger charge is -2.32. The topological polar surface area (TPSA) is 29.3 Å². The minimum absolute atomic E-state index is 0.503. The Balaban J connectivity index is 2.46. The Hall–Kier alpha value is -1.09. The van der Waals surface area contributed by atoms with Crippen molar-refractivity contribution in [3.63, 3.8) is 0 Å². The first kappa shape index (κ1) is 13.3. The third-order valence-corrected chi connectivity index (χ3v) is 4.08. The third-order valence-electron chi connectivity index (χ3n) is 3.86. The highest BCUT2D eigenvalue weighted by atomic mass is 32.1. The number of thiocarbonyl (C=S) groups is 1. The van der Waals surface area contributed by atoms with Crippen molar-refractivity contribution in [3.8, 4) is 0 Å². The van der Waals surface area contributed by atoms with Gasteiger partial charge in [-0.05, 0) is 37.3 Å². The normalized spacial score (nSPS) is 19.6. The van der Waals surface area contributed by atoms with Crippen molar-refractivity contribution in [1.82, 2.24) is 0 Å². The van der Waals surface area contributed by atoms with Gasteiger partial charge < -0.3 is 10.6 Å². The maximum absolute atomic E-state index is 5.88. The molecule has 1 aliphatic heterocycles. The number of nitrogens with two attached hydrogens (primary N) is 1. The van der Waals surface area contributed by atoms with Crippen molar-refractivity contribution < 1.29 is 0 Å². The van der Waals surface area contributed by atoms with Gasteiger partial charge >= 0.3 is 0 Å². The van der Waals surface area contributed by atoms with E-state index < -0.39 is 0 Å². The van der Waals surface area contributed by atoms with Gasteiger partial charge in [0, 0.05) is 18.2 Å². The van der Waals surface area contributed by atoms with Crippen LogP contribution in [0.25, 0.3) is 0 Å². The summed E-state index contributed by atoms with van der Waals surface area (Å²) < 4.78 is 0. The monoisotopic (exact) mass is 262 g/mol. The summed E-state index contributed by atoms with van der Waals surface area (Å²) in [6.45, 7) is 7.85. The van der Waals surface area contributed by atoms with E-state index in [1.54, 1.807) is 0 Å². The number of anilines is 1. The largest absolute Gasteiger partial charge is 0.389 e. The fourth-order valence-electron chi connectivity index (χ4n) is 3.00. The molecule has 1 heterocycles. The van der Waals surface area contributed by atoms with E-state index in [1.807, 2.05) is 12.1 Å². The van der Waals surface area contributed by atoms with E-state index in [1.165, 1.54) is 24.1 Å². The SMILES string of the molecule is Cc1cccc(C(N)=S)c1N1CCCC1C(C)C. The number of benzene rings is 1. The Morgan fingerprint density at radius 1 is 1.44 bits per heavy atom. The molecule has 1 aromatic carbocycles. The molecular formula is C15H22N2S. The van der Waals surface area contributed by atoms with E-state index in [-0.39, 0.29) is 0 Å². The summed E-state index contributed by atoms with van der Waals surface area (Å²) in [4.78, 5) is 3.01. The van der Waals surface area contributed by atoms with Crippen LogP contribution in [0.15, 0.2) is 18.2 Å². The molecule has 98 valence electrons. The minimum atomic E-state index is 0.503. The molecule has 1 saturated heterocycles. The van der Waals surface area contributed by atoms with E-state index in [9.17, 15) is 0 Å². The predicted octanol–water partition coefficient (Wildman–Crippen LogP) is 3.25. The maximum atomic E-state index is 5.88. The zero-order valence-corrected chi connectivity index (χ0v) is 12.3. The Morgan fingerprint density at radius 3 is 2.78 bits per heavy atom. The van der Waals surface area contributed by atoms with E-state index in [0.29, 0.717) is 16.9 Å². The van der Waals surface area contributed by atoms with Gasteiger partial charge in [0.15, 0.2) is 0 Å². The average molecular weight is 262 g/mol. The first-order valence-corrected chi connectivity index (χ1v) is 7.09. The van der Waals surface area contributed by atoms with Crippen molar-refractivity contribution in [2.24, 2.45) is 11.7 Å². The highest BCUT2D eigenvalue weighted by Crippen LogP contribution is 2.34. The summed E-state index contributed by atoms with van der Waals surface area (Å²) in [5.74, 6) is 0.659. The second-order valence-corrected chi connectivity index (χ2v) is 5.92. The summed E-state index contributed by atoms with van der Waals surface area (Å²) in [6, 6.07) is 6.83. The molecule has 2 rings (SSSR count). The van der Waals surface area contributed by atoms with Crippen molar-refractivity contribution >= 4 is 22.9 Å². The summed E-state index contributed by atoms with van der Waals surface area (Å²) in [7, 11) is 0. The standard InChI is InChI=1S/C15H22N2S/c1-10(2)13-8-5-9-17(13)14-11(3)6-4-7-12(14)15(16)18/h4,6-7,10,13H,5,8-9H2,1-3H3,(H2,16,18). The Labute approximate surface area is 115 Å². The van der Waals surface area contributed by atoms with Crippen LogP contribution in [0.5, 0.6) is 0 Å². The van der Waals surface area contributed by atoms with E-state index in [2.05, 4.69) is 31.7 Å². The molecule has 0 radical (unpaired) electrons. The Bertz CT molecular complexity index is 454. The first-order chi connectivity index (χ1) is 8.52. The first-order valence-electron chi connectivity index (χ1n) is 6.68. The van der Waals surface area contributed by atoms with Crippen LogP contribution < -0.4 is 10.6 Å². The van der Waals surface area contributed by atoms with Crippen LogP contribution in [-0.4, -0.2) is 17.6 Å². The molecule has 18 heavy (non-hydrogen) atoms. The fourth-order valence-corrected chi connectivity index (χ4v) is 3.17. The number of aryl methyl sites for hydroxylation is 1. The minimum Gasteiger partial charge on any atom is -0.389 e. The molecule has 1 fully saturated rings. The molecule has 0 spiro atoms. The number of para-hydroxylation sites is 1. The van der Waals surface area contributed by atoms with Gasteiger partial charge in [-0.25, -0.2) is 0 Å². The lowest BCUT2D eigenvalue weighted by Crippen LogP contribution is -2.35. The highest BCUT2D eigenvalue weighted by Gasteiger charge is 2.29. The molecule has 3 heteroatoms. The quantitative estimate of drug-likeness (QED) is 0.848. The van der Waals surface area contributed by atoms with Gasteiger partial charge in [0.1, 0.15) is 4.99 Å². The van der Waals surface area contributed by atoms with E-state index in [0.717, 1.165) is 12.1 Å². The van der Waals surface area contributed by atoms with Gasteiger partial charge in [-0.3, -0.25) is 0 Å². The molecule has 0 aliphatic carbocycles. The second-order valence-electron chi connectivity index (χ2n) is 5.48. The van der Waals surface area contributed by atoms with Gasteiger partial charge in [0.05, 0.1) is 5.69 Å². The zero-order valence-electron chi connectivity index (χ0n) is 11.4. The Morgan fingerprint density at radius 2 is 2.17 bits per heavy atom. The van der Waals surface area contributed by atoms with Crippen molar-refractivity contribution in [2.45, 2.75) is 39.7 Å². The lowest BCUT2D eigenvalue weighted by molar-refractivity contribution is 0.491. The summed E-state index contributed by atoms with van der Waals surface area (Å²) in [5, 5.41) is 0. The van der Waals surface area contributed by atoms with Crippen LogP contribution in [0.1, 0.15) is 37.8 Å². The van der Waals surface area contributed by atoms with Crippen LogP contribution in [0, 0.1) is 12.8 Å². The molecule has 2 N–H and O–H groups in total. The summed E-state index contributed by atoms with van der Waals surface area (Å²) >= 11 is 5.20. The molecule has 0 saturated carbocycles. The van der Waals surface area contributed by atoms with Crippen LogP contribution in [0.2, 0.25) is 0 Å². The molecule has 2 nitrogen and oxygen atoms in total. The fraction of sp³-hybridized carbons (Fsp3) is 0.533. The van der Waals surface area contributed by atoms with Crippen molar-refractivity contribution in [2.75, 3.05) is 11.4 Å². The summed E-state index contributed by atoms with van der Waals surface area (Å²) in [6.07, 6.45) is 2.52. The van der Waals surface area contributed by atoms with Crippen molar-refractivity contribution in [3.05, 3.63) is 29.3 Å². The van der Waals surface area contributed by atoms with Gasteiger partial charge in [-0.15, -0.1) is 0 Å². The molecule has 1 aliphatic rings. The molecule has 0 amide bonds. The zero-order chi connectivity index (χ0) is 13.3. The van der Waals surface area contributed by atoms with Crippen LogP contribution >= 0.6 is 12.2 Å². The van der Waals surface area contributed by atoms with Crippen LogP contribution in [-0.2, 0) is 0 Å². The van der Waals surface area contributed by atoms with Crippen molar-refractivity contribution in [1.29, 1.82) is 0 Å². The van der Waals surface area contributed by atoms with Crippen LogP contribution in [0.3, 0.4) is 0 Å². The number of hydrogen-bond acceptors (Lipinski definition) is 2. The molecule has 0 bridgehead atoms. The van der Waals surface area contributed by atoms with Gasteiger partial charge in [0.2, 0.25) is 0 Å². The number of rotatable bonds is 3. The van der Waals surface area contributed by atoms with Gasteiger partial charge in [0.25, 0.3) is 0 Å².